The summed E-state index contributed by atoms with van der Waals surface area (Å²) in [5.74, 6) is 0.839. The Morgan fingerprint density at radius 1 is 0.906 bits per heavy atom. The predicted octanol–water partition coefficient (Wildman–Crippen LogP) is 5.47. The van der Waals surface area contributed by atoms with Crippen LogP contribution in [0.15, 0.2) is 85.1 Å². The Bertz CT molecular complexity index is 1300. The lowest BCUT2D eigenvalue weighted by Crippen LogP contribution is -2.30. The van der Waals surface area contributed by atoms with Gasteiger partial charge in [-0.2, -0.15) is 0 Å². The molecule has 3 aromatic carbocycles. The quantitative estimate of drug-likeness (QED) is 0.310. The monoisotopic (exact) mass is 422 g/mol. The molecule has 1 unspecified atom stereocenters. The maximum atomic E-state index is 12.9. The van der Waals surface area contributed by atoms with E-state index >= 15 is 0 Å². The smallest absolute Gasteiger partial charge is 0.220 e. The number of benzene rings is 3. The van der Waals surface area contributed by atoms with Crippen molar-refractivity contribution in [2.24, 2.45) is 0 Å². The predicted molar refractivity (Wildman–Crippen MR) is 128 cm³/mol. The molecule has 0 aliphatic heterocycles. The second kappa shape index (κ2) is 9.10. The van der Waals surface area contributed by atoms with E-state index < -0.39 is 0 Å². The normalized spacial score (nSPS) is 12.2. The number of amides is 1. The highest BCUT2D eigenvalue weighted by atomic mass is 16.1. The molecule has 0 bridgehead atoms. The number of hydrogen-bond donors (Lipinski definition) is 3. The lowest BCUT2D eigenvalue weighted by molar-refractivity contribution is -0.122. The standard InChI is InChI=1S/C27H26N4O/c32-26(16-8-11-20-18-28-22-13-5-4-12-21(20)22)29-25(17-19-9-2-1-3-10-19)27-30-23-14-6-7-15-24(23)31-27/h1-7,9-10,12-15,18,25,28H,8,11,16-17H2,(H,29,32)(H,30,31). The highest BCUT2D eigenvalue weighted by Gasteiger charge is 2.19. The number of nitrogens with one attached hydrogen (secondary N) is 3. The average molecular weight is 423 g/mol. The van der Waals surface area contributed by atoms with Crippen LogP contribution in [0.25, 0.3) is 21.9 Å². The molecule has 5 rings (SSSR count). The number of aryl methyl sites for hydroxylation is 1. The zero-order valence-electron chi connectivity index (χ0n) is 17.8. The van der Waals surface area contributed by atoms with Gasteiger partial charge in [0.2, 0.25) is 5.91 Å². The molecule has 0 saturated carbocycles. The molecular formula is C27H26N4O. The van der Waals surface area contributed by atoms with Crippen LogP contribution in [0.4, 0.5) is 0 Å². The first-order chi connectivity index (χ1) is 15.8. The minimum Gasteiger partial charge on any atom is -0.361 e. The van der Waals surface area contributed by atoms with Crippen LogP contribution < -0.4 is 5.32 Å². The highest BCUT2D eigenvalue weighted by molar-refractivity contribution is 5.83. The number of aromatic nitrogens is 3. The molecule has 160 valence electrons. The van der Waals surface area contributed by atoms with Crippen molar-refractivity contribution in [1.82, 2.24) is 20.3 Å². The van der Waals surface area contributed by atoms with E-state index in [4.69, 9.17) is 4.98 Å². The van der Waals surface area contributed by atoms with Gasteiger partial charge in [0, 0.05) is 23.5 Å². The molecule has 0 aliphatic rings. The summed E-state index contributed by atoms with van der Waals surface area (Å²) in [6.45, 7) is 0. The third kappa shape index (κ3) is 4.42. The van der Waals surface area contributed by atoms with Crippen LogP contribution in [0, 0.1) is 0 Å². The molecule has 0 aliphatic carbocycles. The van der Waals surface area contributed by atoms with Gasteiger partial charge in [0.25, 0.3) is 0 Å². The van der Waals surface area contributed by atoms with Gasteiger partial charge in [-0.15, -0.1) is 0 Å². The van der Waals surface area contributed by atoms with Crippen LogP contribution in [-0.4, -0.2) is 20.9 Å². The topological polar surface area (TPSA) is 73.6 Å². The second-order valence-electron chi connectivity index (χ2n) is 8.16. The molecule has 0 saturated heterocycles. The molecule has 5 aromatic rings. The van der Waals surface area contributed by atoms with Crippen molar-refractivity contribution < 1.29 is 4.79 Å². The summed E-state index contributed by atoms with van der Waals surface area (Å²) >= 11 is 0. The van der Waals surface area contributed by atoms with Gasteiger partial charge in [-0.1, -0.05) is 60.7 Å². The van der Waals surface area contributed by atoms with E-state index in [-0.39, 0.29) is 11.9 Å². The van der Waals surface area contributed by atoms with Gasteiger partial charge in [0.05, 0.1) is 17.1 Å². The number of hydrogen-bond acceptors (Lipinski definition) is 2. The number of H-pyrrole nitrogens is 2. The fraction of sp³-hybridized carbons (Fsp3) is 0.185. The average Bonchev–Trinajstić information content (AvgIpc) is 3.44. The van der Waals surface area contributed by atoms with Crippen molar-refractivity contribution >= 4 is 27.8 Å². The van der Waals surface area contributed by atoms with Gasteiger partial charge in [-0.3, -0.25) is 4.79 Å². The van der Waals surface area contributed by atoms with Gasteiger partial charge in [-0.05, 0) is 48.6 Å². The molecule has 0 radical (unpaired) electrons. The number of aromatic amines is 2. The fourth-order valence-corrected chi connectivity index (χ4v) is 4.25. The number of carbonyl (C=O) groups excluding carboxylic acids is 1. The van der Waals surface area contributed by atoms with Crippen LogP contribution in [0.1, 0.15) is 35.8 Å². The van der Waals surface area contributed by atoms with Crippen molar-refractivity contribution in [3.8, 4) is 0 Å². The zero-order valence-corrected chi connectivity index (χ0v) is 17.8. The summed E-state index contributed by atoms with van der Waals surface area (Å²) in [5, 5.41) is 4.45. The molecule has 5 nitrogen and oxygen atoms in total. The molecule has 3 N–H and O–H groups in total. The molecule has 5 heteroatoms. The molecule has 32 heavy (non-hydrogen) atoms. The molecule has 1 amide bonds. The first-order valence-corrected chi connectivity index (χ1v) is 11.1. The molecule has 0 spiro atoms. The second-order valence-corrected chi connectivity index (χ2v) is 8.16. The highest BCUT2D eigenvalue weighted by Crippen LogP contribution is 2.22. The minimum absolute atomic E-state index is 0.0474. The SMILES string of the molecule is O=C(CCCc1c[nH]c2ccccc12)NC(Cc1ccccc1)c1nc2ccccc2[nH]1. The van der Waals surface area contributed by atoms with Gasteiger partial charge in [0.15, 0.2) is 0 Å². The molecular weight excluding hydrogens is 396 g/mol. The van der Waals surface area contributed by atoms with Crippen molar-refractivity contribution in [2.45, 2.75) is 31.7 Å². The maximum absolute atomic E-state index is 12.9. The van der Waals surface area contributed by atoms with Crippen molar-refractivity contribution in [1.29, 1.82) is 0 Å². The summed E-state index contributed by atoms with van der Waals surface area (Å²) in [4.78, 5) is 24.3. The maximum Gasteiger partial charge on any atom is 0.220 e. The van der Waals surface area contributed by atoms with E-state index in [1.54, 1.807) is 0 Å². The van der Waals surface area contributed by atoms with Crippen molar-refractivity contribution in [2.75, 3.05) is 0 Å². The number of imidazole rings is 1. The lowest BCUT2D eigenvalue weighted by atomic mass is 10.0. The van der Waals surface area contributed by atoms with Crippen LogP contribution in [0.5, 0.6) is 0 Å². The molecule has 2 heterocycles. The zero-order chi connectivity index (χ0) is 21.8. The summed E-state index contributed by atoms with van der Waals surface area (Å²) in [6.07, 6.45) is 4.88. The fourth-order valence-electron chi connectivity index (χ4n) is 4.25. The van der Waals surface area contributed by atoms with Crippen LogP contribution in [0.2, 0.25) is 0 Å². The van der Waals surface area contributed by atoms with E-state index in [2.05, 4.69) is 45.7 Å². The Morgan fingerprint density at radius 2 is 1.66 bits per heavy atom. The van der Waals surface area contributed by atoms with Crippen molar-refractivity contribution in [3.63, 3.8) is 0 Å². The van der Waals surface area contributed by atoms with Gasteiger partial charge < -0.3 is 15.3 Å². The van der Waals surface area contributed by atoms with Gasteiger partial charge in [-0.25, -0.2) is 4.98 Å². The van der Waals surface area contributed by atoms with Gasteiger partial charge in [0.1, 0.15) is 5.82 Å². The molecule has 1 atom stereocenters. The van der Waals surface area contributed by atoms with Crippen LogP contribution in [0.3, 0.4) is 0 Å². The number of para-hydroxylation sites is 3. The first-order valence-electron chi connectivity index (χ1n) is 11.1. The lowest BCUT2D eigenvalue weighted by Gasteiger charge is -2.17. The Hall–Kier alpha value is -3.86. The number of nitrogens with zero attached hydrogens (tertiary/aromatic N) is 1. The Morgan fingerprint density at radius 3 is 2.50 bits per heavy atom. The minimum atomic E-state index is -0.203. The Kier molecular flexibility index (Phi) is 5.71. The number of rotatable bonds is 8. The van der Waals surface area contributed by atoms with Crippen LogP contribution in [-0.2, 0) is 17.6 Å². The largest absolute Gasteiger partial charge is 0.361 e. The van der Waals surface area contributed by atoms with E-state index in [0.29, 0.717) is 12.8 Å². The van der Waals surface area contributed by atoms with E-state index in [0.717, 1.165) is 40.8 Å². The Labute approximate surface area is 186 Å². The number of carbonyl (C=O) groups is 1. The van der Waals surface area contributed by atoms with Gasteiger partial charge >= 0.3 is 0 Å². The third-order valence-electron chi connectivity index (χ3n) is 5.88. The van der Waals surface area contributed by atoms with E-state index in [1.807, 2.05) is 54.6 Å². The summed E-state index contributed by atoms with van der Waals surface area (Å²) < 4.78 is 0. The molecule has 0 fully saturated rings. The van der Waals surface area contributed by atoms with E-state index in [1.165, 1.54) is 10.9 Å². The van der Waals surface area contributed by atoms with Crippen molar-refractivity contribution in [3.05, 3.63) is 102 Å². The third-order valence-corrected chi connectivity index (χ3v) is 5.88. The van der Waals surface area contributed by atoms with Crippen LogP contribution >= 0.6 is 0 Å². The summed E-state index contributed by atoms with van der Waals surface area (Å²) in [7, 11) is 0. The molecule has 2 aromatic heterocycles. The summed E-state index contributed by atoms with van der Waals surface area (Å²) in [6, 6.07) is 26.2. The number of fused-ring (bicyclic) bond motifs is 2. The van der Waals surface area contributed by atoms with E-state index in [9.17, 15) is 4.79 Å². The summed E-state index contributed by atoms with van der Waals surface area (Å²) in [5.41, 5.74) is 5.45. The Balaban J connectivity index is 1.27. The first kappa shape index (κ1) is 20.1.